The number of fused-ring (bicyclic) bond motifs is 2. The molecule has 216 valence electrons. The van der Waals surface area contributed by atoms with Crippen molar-refractivity contribution in [1.29, 1.82) is 0 Å². The van der Waals surface area contributed by atoms with Gasteiger partial charge < -0.3 is 24.2 Å². The van der Waals surface area contributed by atoms with E-state index in [0.717, 1.165) is 43.7 Å². The number of rotatable bonds is 6. The van der Waals surface area contributed by atoms with Crippen LogP contribution in [0.2, 0.25) is 0 Å². The van der Waals surface area contributed by atoms with E-state index in [0.29, 0.717) is 0 Å². The van der Waals surface area contributed by atoms with Gasteiger partial charge in [0.1, 0.15) is 27.6 Å². The fourth-order valence-corrected chi connectivity index (χ4v) is 10.1. The Bertz CT molecular complexity index is 1220. The fourth-order valence-electron chi connectivity index (χ4n) is 6.03. The second-order valence-electron chi connectivity index (χ2n) is 11.6. The maximum absolute atomic E-state index is 13.4. The lowest BCUT2D eigenvalue weighted by Crippen LogP contribution is -2.66. The number of hydrogen-bond donors (Lipinski definition) is 0. The minimum Gasteiger partial charge on any atom is -0.426 e. The summed E-state index contributed by atoms with van der Waals surface area (Å²) in [6.07, 6.45) is 5.80. The molecule has 39 heavy (non-hydrogen) atoms. The Hall–Kier alpha value is -2.06. The van der Waals surface area contributed by atoms with Crippen LogP contribution in [0.25, 0.3) is 0 Å². The number of carbonyl (C=O) groups excluding carboxylic acids is 4. The van der Waals surface area contributed by atoms with Crippen LogP contribution >= 0.6 is 23.4 Å². The highest BCUT2D eigenvalue weighted by Gasteiger charge is 2.72. The van der Waals surface area contributed by atoms with Crippen LogP contribution in [-0.4, -0.2) is 117 Å². The molecule has 5 aliphatic heterocycles. The highest BCUT2D eigenvalue weighted by atomic mass is 35.5. The van der Waals surface area contributed by atoms with Gasteiger partial charge in [-0.3, -0.25) is 14.6 Å². The van der Waals surface area contributed by atoms with Gasteiger partial charge in [0.05, 0.1) is 6.34 Å². The third kappa shape index (κ3) is 4.32. The number of nitrogens with zero attached hydrogens (tertiary/aromatic N) is 4. The standard InChI is InChI=1S/C24H33ClN4O8S2/c1-23(2)15(28-17(30)13(25)19(28)38-23)21(32)36-12-37-22(33)16-24(3,4)39(34,35)20-14(18(31)29(16)20)26-11-27-9-7-5-6-8-10-27/h11,13-16,19-20H,5-10,12H2,1-4H3/t13-,14+,15-,16-,19+,20+/m0/s1. The number of esters is 2. The molecule has 5 saturated heterocycles. The van der Waals surface area contributed by atoms with Crippen LogP contribution < -0.4 is 0 Å². The van der Waals surface area contributed by atoms with Gasteiger partial charge in [-0.2, -0.15) is 0 Å². The van der Waals surface area contributed by atoms with Crippen LogP contribution in [-0.2, 0) is 38.5 Å². The summed E-state index contributed by atoms with van der Waals surface area (Å²) in [7, 11) is -3.98. The zero-order valence-corrected chi connectivity index (χ0v) is 24.6. The number of β-lactam (4-membered cyclic amide) rings is 2. The van der Waals surface area contributed by atoms with E-state index in [1.54, 1.807) is 20.2 Å². The van der Waals surface area contributed by atoms with E-state index in [1.807, 2.05) is 4.90 Å². The van der Waals surface area contributed by atoms with Crippen molar-refractivity contribution in [3.63, 3.8) is 0 Å². The first-order chi connectivity index (χ1) is 18.2. The number of likely N-dealkylation sites (tertiary alicyclic amines) is 1. The molecule has 6 atom stereocenters. The Morgan fingerprint density at radius 3 is 2.21 bits per heavy atom. The van der Waals surface area contributed by atoms with Crippen molar-refractivity contribution in [3.8, 4) is 0 Å². The molecule has 0 spiro atoms. The molecule has 12 nitrogen and oxygen atoms in total. The largest absolute Gasteiger partial charge is 0.426 e. The zero-order chi connectivity index (χ0) is 28.5. The predicted molar refractivity (Wildman–Crippen MR) is 143 cm³/mol. The Labute approximate surface area is 236 Å². The van der Waals surface area contributed by atoms with Crippen LogP contribution in [0.5, 0.6) is 0 Å². The number of aliphatic imine (C=N–C) groups is 1. The minimum absolute atomic E-state index is 0.344. The average molecular weight is 605 g/mol. The Morgan fingerprint density at radius 1 is 1.00 bits per heavy atom. The third-order valence-electron chi connectivity index (χ3n) is 8.30. The molecule has 0 saturated carbocycles. The van der Waals surface area contributed by atoms with Crippen LogP contribution in [0.3, 0.4) is 0 Å². The number of alkyl halides is 1. The lowest BCUT2D eigenvalue weighted by molar-refractivity contribution is -0.180. The number of ether oxygens (including phenoxy) is 2. The number of amides is 2. The molecule has 5 aliphatic rings. The highest BCUT2D eigenvalue weighted by Crippen LogP contribution is 2.52. The normalized spacial score (nSPS) is 36.1. The lowest BCUT2D eigenvalue weighted by atomic mass is 9.96. The van der Waals surface area contributed by atoms with Gasteiger partial charge >= 0.3 is 11.9 Å². The molecule has 0 aromatic rings. The number of sulfone groups is 1. The lowest BCUT2D eigenvalue weighted by Gasteiger charge is -2.41. The fraction of sp³-hybridized carbons (Fsp3) is 0.792. The summed E-state index contributed by atoms with van der Waals surface area (Å²) in [6, 6.07) is -3.45. The van der Waals surface area contributed by atoms with Crippen molar-refractivity contribution in [3.05, 3.63) is 0 Å². The first-order valence-corrected chi connectivity index (χ1v) is 15.9. The molecule has 0 aliphatic carbocycles. The van der Waals surface area contributed by atoms with Crippen LogP contribution in [0.15, 0.2) is 4.99 Å². The second-order valence-corrected chi connectivity index (χ2v) is 16.4. The summed E-state index contributed by atoms with van der Waals surface area (Å²) < 4.78 is 34.8. The van der Waals surface area contributed by atoms with E-state index >= 15 is 0 Å². The van der Waals surface area contributed by atoms with E-state index < -0.39 is 72.8 Å². The molecular formula is C24H33ClN4O8S2. The molecule has 0 unspecified atom stereocenters. The molecule has 15 heteroatoms. The summed E-state index contributed by atoms with van der Waals surface area (Å²) in [5.41, 5.74) is 0. The summed E-state index contributed by atoms with van der Waals surface area (Å²) in [5.74, 6) is -2.70. The minimum atomic E-state index is -3.98. The van der Waals surface area contributed by atoms with Gasteiger partial charge in [-0.1, -0.05) is 12.8 Å². The number of thioether (sulfide) groups is 1. The van der Waals surface area contributed by atoms with Crippen LogP contribution in [0.4, 0.5) is 0 Å². The van der Waals surface area contributed by atoms with Gasteiger partial charge in [0.25, 0.3) is 5.91 Å². The summed E-state index contributed by atoms with van der Waals surface area (Å²) in [4.78, 5) is 59.8. The highest BCUT2D eigenvalue weighted by molar-refractivity contribution is 8.01. The Morgan fingerprint density at radius 2 is 1.59 bits per heavy atom. The molecule has 0 aromatic carbocycles. The van der Waals surface area contributed by atoms with Crippen molar-refractivity contribution >= 4 is 63.3 Å². The van der Waals surface area contributed by atoms with E-state index in [1.165, 1.54) is 30.5 Å². The smallest absolute Gasteiger partial charge is 0.333 e. The average Bonchev–Trinajstić information content (AvgIpc) is 3.04. The summed E-state index contributed by atoms with van der Waals surface area (Å²) >= 11 is 7.45. The number of halogens is 1. The Kier molecular flexibility index (Phi) is 7.15. The summed E-state index contributed by atoms with van der Waals surface area (Å²) in [6.45, 7) is 7.12. The predicted octanol–water partition coefficient (Wildman–Crippen LogP) is 0.717. The second kappa shape index (κ2) is 9.79. The van der Waals surface area contributed by atoms with Crippen molar-refractivity contribution in [2.45, 2.75) is 97.1 Å². The van der Waals surface area contributed by atoms with Crippen molar-refractivity contribution in [1.82, 2.24) is 14.7 Å². The molecule has 0 bridgehead atoms. The third-order valence-corrected chi connectivity index (χ3v) is 13.3. The maximum atomic E-state index is 13.4. The van der Waals surface area contributed by atoms with Gasteiger partial charge in [-0.05, 0) is 40.5 Å². The molecule has 5 heterocycles. The molecule has 0 aromatic heterocycles. The quantitative estimate of drug-likeness (QED) is 0.106. The van der Waals surface area contributed by atoms with E-state index in [9.17, 15) is 27.6 Å². The summed E-state index contributed by atoms with van der Waals surface area (Å²) in [5, 5.41) is -2.32. The molecule has 0 radical (unpaired) electrons. The zero-order valence-electron chi connectivity index (χ0n) is 22.2. The van der Waals surface area contributed by atoms with Crippen molar-refractivity contribution in [2.24, 2.45) is 4.99 Å². The van der Waals surface area contributed by atoms with E-state index in [4.69, 9.17) is 21.1 Å². The van der Waals surface area contributed by atoms with Gasteiger partial charge in [0.15, 0.2) is 21.3 Å². The van der Waals surface area contributed by atoms with Crippen LogP contribution in [0, 0.1) is 0 Å². The Balaban J connectivity index is 1.23. The maximum Gasteiger partial charge on any atom is 0.333 e. The van der Waals surface area contributed by atoms with Crippen molar-refractivity contribution in [2.75, 3.05) is 19.9 Å². The number of carbonyl (C=O) groups is 4. The molecular weight excluding hydrogens is 572 g/mol. The topological polar surface area (TPSA) is 143 Å². The molecule has 5 fully saturated rings. The molecule has 5 rings (SSSR count). The number of hydrogen-bond acceptors (Lipinski definition) is 10. The first-order valence-electron chi connectivity index (χ1n) is 13.0. The van der Waals surface area contributed by atoms with Crippen LogP contribution in [0.1, 0.15) is 53.4 Å². The van der Waals surface area contributed by atoms with Gasteiger partial charge in [0.2, 0.25) is 12.7 Å². The van der Waals surface area contributed by atoms with E-state index in [-0.39, 0.29) is 11.3 Å². The molecule has 0 N–H and O–H groups in total. The monoisotopic (exact) mass is 604 g/mol. The molecule has 2 amide bonds. The SMILES string of the molecule is CC1(C)S[C@@H]2[C@@H](Cl)C(=O)N2[C@H]1C(=O)OCOC(=O)[C@@H]1N2C(=O)[C@@H](N=CN3CCCCCC3)[C@H]2S(=O)(=O)C1(C)C. The first kappa shape index (κ1) is 28.5. The van der Waals surface area contributed by atoms with Crippen molar-refractivity contribution < 1.29 is 37.1 Å². The van der Waals surface area contributed by atoms with Gasteiger partial charge in [-0.15, -0.1) is 23.4 Å². The van der Waals surface area contributed by atoms with Gasteiger partial charge in [-0.25, -0.2) is 18.0 Å². The van der Waals surface area contributed by atoms with Gasteiger partial charge in [0, 0.05) is 17.8 Å². The van der Waals surface area contributed by atoms with E-state index in [2.05, 4.69) is 4.99 Å².